The Morgan fingerprint density at radius 3 is 1.16 bits per heavy atom. The maximum Gasteiger partial charge on any atom is 0.255 e. The molecule has 0 aromatic heterocycles. The Balaban J connectivity index is 0.000000149. The molecule has 9 aliphatic heterocycles. The monoisotopic (exact) mass is 1400 g/mol. The van der Waals surface area contributed by atoms with E-state index in [1.54, 1.807) is 53.4 Å². The predicted octanol–water partition coefficient (Wildman–Crippen LogP) is 7.12. The summed E-state index contributed by atoms with van der Waals surface area (Å²) in [7, 11) is 0. The molecule has 6 fully saturated rings. The van der Waals surface area contributed by atoms with Gasteiger partial charge < -0.3 is 73.8 Å². The van der Waals surface area contributed by atoms with E-state index in [4.69, 9.17) is 44.9 Å². The maximum absolute atomic E-state index is 13.1. The molecule has 24 heteroatoms. The summed E-state index contributed by atoms with van der Waals surface area (Å²) in [6.45, 7) is 5.32. The lowest BCUT2D eigenvalue weighted by Gasteiger charge is -2.31. The van der Waals surface area contributed by atoms with Crippen molar-refractivity contribution in [3.63, 3.8) is 0 Å². The zero-order valence-corrected chi connectivity index (χ0v) is 55.6. The molecule has 0 radical (unpaired) electrons. The molecular formula is C78H81N9O15. The molecule has 0 bridgehead atoms. The summed E-state index contributed by atoms with van der Waals surface area (Å²) in [5.74, 6) is -2.26. The summed E-state index contributed by atoms with van der Waals surface area (Å²) >= 11 is 0. The van der Waals surface area contributed by atoms with Gasteiger partial charge in [-0.2, -0.15) is 0 Å². The van der Waals surface area contributed by atoms with Crippen LogP contribution in [0.3, 0.4) is 0 Å². The van der Waals surface area contributed by atoms with Crippen LogP contribution >= 0.6 is 0 Å². The van der Waals surface area contributed by atoms with E-state index >= 15 is 0 Å². The van der Waals surface area contributed by atoms with Gasteiger partial charge in [0.1, 0.15) is 74.9 Å². The minimum absolute atomic E-state index is 0.0159. The molecule has 24 nitrogen and oxygen atoms in total. The highest BCUT2D eigenvalue weighted by Gasteiger charge is 2.43. The molecule has 4 unspecified atom stereocenters. The number of benzene rings is 6. The fourth-order valence-electron chi connectivity index (χ4n) is 12.9. The number of nitrogens with one attached hydrogen (secondary N) is 3. The van der Waals surface area contributed by atoms with Gasteiger partial charge in [-0.05, 0) is 108 Å². The van der Waals surface area contributed by atoms with Crippen molar-refractivity contribution >= 4 is 53.2 Å². The van der Waals surface area contributed by atoms with E-state index in [9.17, 15) is 43.2 Å². The van der Waals surface area contributed by atoms with Crippen LogP contribution in [-0.2, 0) is 102 Å². The second kappa shape index (κ2) is 31.3. The van der Waals surface area contributed by atoms with Crippen LogP contribution < -0.4 is 30.2 Å². The highest BCUT2D eigenvalue weighted by molar-refractivity contribution is 6.04. The van der Waals surface area contributed by atoms with Gasteiger partial charge in [-0.1, -0.05) is 111 Å². The number of ether oxygens (including phenoxy) is 6. The topological polar surface area (TPSA) is 265 Å². The van der Waals surface area contributed by atoms with E-state index in [1.807, 2.05) is 0 Å². The zero-order chi connectivity index (χ0) is 81.6. The molecule has 6 aromatic rings. The largest absolute Gasteiger partial charge is 0.489 e. The molecule has 6 aromatic carbocycles. The Hall–Kier alpha value is -11.0. The molecule has 102 heavy (non-hydrogen) atoms. The maximum atomic E-state index is 13.1. The van der Waals surface area contributed by atoms with Gasteiger partial charge >= 0.3 is 0 Å². The third kappa shape index (κ3) is 15.9. The number of nitrogens with zero attached hydrogens (tertiary/aromatic N) is 6. The van der Waals surface area contributed by atoms with Gasteiger partial charge in [0.2, 0.25) is 35.4 Å². The number of rotatable bonds is 18. The summed E-state index contributed by atoms with van der Waals surface area (Å²) < 4.78 is 135. The van der Waals surface area contributed by atoms with Crippen molar-refractivity contribution in [2.45, 2.75) is 116 Å². The smallest absolute Gasteiger partial charge is 0.255 e. The second-order valence-electron chi connectivity index (χ2n) is 25.3. The molecule has 0 aliphatic carbocycles. The van der Waals surface area contributed by atoms with Crippen LogP contribution in [0.5, 0.6) is 17.2 Å². The number of fused-ring (bicyclic) bond motifs is 3. The van der Waals surface area contributed by atoms with Gasteiger partial charge in [0.05, 0.1) is 55.9 Å². The van der Waals surface area contributed by atoms with E-state index in [-0.39, 0.29) is 176 Å². The lowest BCUT2D eigenvalue weighted by Crippen LogP contribution is -2.49. The first-order valence-electron chi connectivity index (χ1n) is 39.4. The lowest BCUT2D eigenvalue weighted by molar-refractivity contribution is -0.144. The Morgan fingerprint density at radius 2 is 0.755 bits per heavy atom. The molecule has 6 saturated heterocycles. The quantitative estimate of drug-likeness (QED) is 0.0774. The van der Waals surface area contributed by atoms with Crippen LogP contribution in [0.25, 0.3) is 0 Å². The second-order valence-corrected chi connectivity index (χ2v) is 25.3. The van der Waals surface area contributed by atoms with Crippen molar-refractivity contribution in [2.24, 2.45) is 0 Å². The first-order valence-corrected chi connectivity index (χ1v) is 33.3. The van der Waals surface area contributed by atoms with Crippen LogP contribution in [0, 0.1) is 0 Å². The molecule has 9 heterocycles. The van der Waals surface area contributed by atoms with Crippen molar-refractivity contribution in [2.75, 3.05) is 59.3 Å². The normalized spacial score (nSPS) is 22.8. The Morgan fingerprint density at radius 1 is 0.412 bits per heavy atom. The highest BCUT2D eigenvalue weighted by atomic mass is 16.5. The minimum Gasteiger partial charge on any atom is -0.489 e. The van der Waals surface area contributed by atoms with Crippen LogP contribution in [-0.4, -0.2) is 160 Å². The van der Waals surface area contributed by atoms with Crippen molar-refractivity contribution in [1.82, 2.24) is 45.3 Å². The first kappa shape index (κ1) is 55.8. The Bertz CT molecular complexity index is 4950. The molecule has 0 saturated carbocycles. The number of allylic oxidation sites excluding steroid dienone is 3. The van der Waals surface area contributed by atoms with Crippen molar-refractivity contribution in [3.05, 3.63) is 231 Å². The average molecular weight is 1400 g/mol. The third-order valence-electron chi connectivity index (χ3n) is 18.4. The number of hydrogen-bond donors (Lipinski definition) is 3. The summed E-state index contributed by atoms with van der Waals surface area (Å²) in [6.07, 6.45) is 3.00. The van der Waals surface area contributed by atoms with Gasteiger partial charge in [0.15, 0.2) is 0 Å². The fraction of sp³-hybridized carbons (Fsp3) is 0.346. The third-order valence-corrected chi connectivity index (χ3v) is 18.4. The Labute approximate surface area is 607 Å². The summed E-state index contributed by atoms with van der Waals surface area (Å²) in [5.41, 5.74) is 5.04. The van der Waals surface area contributed by atoms with E-state index in [0.717, 1.165) is 0 Å². The van der Waals surface area contributed by atoms with E-state index in [1.165, 1.54) is 73.0 Å². The molecule has 3 N–H and O–H groups in total. The predicted molar refractivity (Wildman–Crippen MR) is 371 cm³/mol. The summed E-state index contributed by atoms with van der Waals surface area (Å²) in [5, 5.41) is 8.06. The lowest BCUT2D eigenvalue weighted by atomic mass is 10.0. The average Bonchev–Trinajstić information content (AvgIpc) is 1.59. The number of carbonyl (C=O) groups excluding carboxylic acids is 9. The van der Waals surface area contributed by atoms with Crippen LogP contribution in [0.4, 0.5) is 0 Å². The van der Waals surface area contributed by atoms with E-state index in [0.29, 0.717) is 139 Å². The molecule has 9 amide bonds. The number of piperidine rings is 3. The van der Waals surface area contributed by atoms with Gasteiger partial charge in [0, 0.05) is 89.7 Å². The zero-order valence-electron chi connectivity index (χ0n) is 67.6. The van der Waals surface area contributed by atoms with E-state index < -0.39 is 44.3 Å². The molecule has 9 aliphatic rings. The van der Waals surface area contributed by atoms with Crippen LogP contribution in [0.2, 0.25) is 0 Å². The van der Waals surface area contributed by atoms with Crippen LogP contribution in [0.15, 0.2) is 164 Å². The van der Waals surface area contributed by atoms with Crippen molar-refractivity contribution < 1.29 is 88.0 Å². The van der Waals surface area contributed by atoms with Crippen molar-refractivity contribution in [3.8, 4) is 17.2 Å². The first-order chi connectivity index (χ1) is 54.2. The van der Waals surface area contributed by atoms with Gasteiger partial charge in [0.25, 0.3) is 17.7 Å². The molecule has 0 spiro atoms. The Kier molecular flexibility index (Phi) is 17.1. The van der Waals surface area contributed by atoms with Gasteiger partial charge in [-0.3, -0.25) is 43.2 Å². The number of amides is 9. The van der Waals surface area contributed by atoms with Gasteiger partial charge in [-0.25, -0.2) is 0 Å². The molecule has 528 valence electrons. The number of morpholine rings is 3. The van der Waals surface area contributed by atoms with Gasteiger partial charge in [-0.15, -0.1) is 0 Å². The summed E-state index contributed by atoms with van der Waals surface area (Å²) in [4.78, 5) is 122. The molecular weight excluding hydrogens is 1300 g/mol. The number of carbonyl (C=O) groups is 9. The SMILES string of the molecule is [2H]c1cc(C([2H])([2H])Oc2cccc3c2CN(C2CCC(=C)NC2=O)C3=O)cc([2H])c1CN1CCOCC1=O.[2H]c1cc(C([2H])N2CCOCC2=O)ccc1C([2H])([2H])Oc1cccc2c1CN(C1CCC(=C)NC1=O)C2=O.[2H]c1cc(CN2CCOCC2=O)cc([2H])c1C([2H])([2H])Oc1cccc2c1CN(C1CCC(=C)NC1=O)C2=O. The van der Waals surface area contributed by atoms with E-state index in [2.05, 4.69) is 35.7 Å². The fourth-order valence-corrected chi connectivity index (χ4v) is 12.9. The standard InChI is InChI=1S/3C26H27N3O5/c3*1-17-5-10-22(25(31)27-17)29-14-21-20(26(29)32)3-2-4-23(21)34-15-19-8-6-18(7-9-19)13-28-11-12-33-16-24(28)30/h3*2-4,6-9,22H,1,5,10-16H2,(H,27,31)/i8D,13D,15D2;8D,9D,15D2;6D,7D,15D2. The summed E-state index contributed by atoms with van der Waals surface area (Å²) in [6, 6.07) is 21.1. The number of hydrogen-bond acceptors (Lipinski definition) is 15. The molecule has 15 rings (SSSR count). The highest BCUT2D eigenvalue weighted by Crippen LogP contribution is 2.38. The van der Waals surface area contributed by atoms with Crippen molar-refractivity contribution in [1.29, 1.82) is 0 Å². The molecule has 4 atom stereocenters. The minimum atomic E-state index is -2.56. The van der Waals surface area contributed by atoms with Crippen LogP contribution in [0.1, 0.15) is 136 Å².